The minimum Gasteiger partial charge on any atom is -0.871 e. The average molecular weight is 703 g/mol. The molecular formula is C39H27CuO9-3. The van der Waals surface area contributed by atoms with Gasteiger partial charge in [0.1, 0.15) is 0 Å². The monoisotopic (exact) mass is 702 g/mol. The molecule has 0 fully saturated rings. The van der Waals surface area contributed by atoms with Gasteiger partial charge in [-0.25, -0.2) is 14.4 Å². The van der Waals surface area contributed by atoms with Crippen LogP contribution in [0.1, 0.15) is 31.1 Å². The minimum atomic E-state index is -1.19. The Kier molecular flexibility index (Phi) is 13.3. The molecule has 0 aromatic heterocycles. The van der Waals surface area contributed by atoms with Crippen LogP contribution in [0, 0.1) is 0 Å². The Morgan fingerprint density at radius 3 is 0.776 bits per heavy atom. The van der Waals surface area contributed by atoms with Crippen molar-refractivity contribution in [3.8, 4) is 50.6 Å². The maximum atomic E-state index is 11.8. The first kappa shape index (κ1) is 37.1. The summed E-state index contributed by atoms with van der Waals surface area (Å²) in [4.78, 5) is 32.4. The summed E-state index contributed by atoms with van der Waals surface area (Å²) >= 11 is 0. The van der Waals surface area contributed by atoms with Gasteiger partial charge in [0, 0.05) is 17.1 Å². The number of para-hydroxylation sites is 3. The topological polar surface area (TPSA) is 181 Å². The van der Waals surface area contributed by atoms with E-state index in [4.69, 9.17) is 15.3 Å². The Morgan fingerprint density at radius 2 is 0.571 bits per heavy atom. The summed E-state index contributed by atoms with van der Waals surface area (Å²) in [5.41, 5.74) is 2.87. The molecule has 0 saturated carbocycles. The van der Waals surface area contributed by atoms with E-state index in [0.29, 0.717) is 16.7 Å². The van der Waals surface area contributed by atoms with Crippen molar-refractivity contribution in [1.82, 2.24) is 0 Å². The summed E-state index contributed by atoms with van der Waals surface area (Å²) in [5.74, 6) is -4.91. The Morgan fingerprint density at radius 1 is 0.347 bits per heavy atom. The van der Waals surface area contributed by atoms with Crippen LogP contribution in [0.25, 0.3) is 33.4 Å². The van der Waals surface area contributed by atoms with Crippen molar-refractivity contribution >= 4 is 17.9 Å². The molecular weight excluding hydrogens is 676 g/mol. The van der Waals surface area contributed by atoms with Crippen LogP contribution in [-0.2, 0) is 17.1 Å². The second-order valence-electron chi connectivity index (χ2n) is 10.1. The molecule has 251 valence electrons. The maximum absolute atomic E-state index is 11.8. The SMILES string of the molecule is O=C(O)c1cccc(-c2ccccc2)c1[O-].O=C(O)c1cccc(-c2ccccc2)c1[O-].O=C(O)c1cccc(-c2ccccc2)c1[O-].[Cu]. The Bertz CT molecular complexity index is 1800. The van der Waals surface area contributed by atoms with E-state index in [0.717, 1.165) is 16.7 Å². The average Bonchev–Trinajstić information content (AvgIpc) is 3.10. The van der Waals surface area contributed by atoms with Crippen LogP contribution in [0.4, 0.5) is 0 Å². The van der Waals surface area contributed by atoms with Gasteiger partial charge in [0.25, 0.3) is 0 Å². The molecule has 3 N–H and O–H groups in total. The second kappa shape index (κ2) is 17.5. The number of hydrogen-bond donors (Lipinski definition) is 3. The largest absolute Gasteiger partial charge is 0.871 e. The fourth-order valence-corrected chi connectivity index (χ4v) is 4.65. The van der Waals surface area contributed by atoms with Crippen LogP contribution in [0.2, 0.25) is 0 Å². The Labute approximate surface area is 292 Å². The van der Waals surface area contributed by atoms with E-state index in [2.05, 4.69) is 0 Å². The van der Waals surface area contributed by atoms with E-state index >= 15 is 0 Å². The van der Waals surface area contributed by atoms with E-state index in [-0.39, 0.29) is 33.8 Å². The molecule has 0 heterocycles. The van der Waals surface area contributed by atoms with E-state index in [1.807, 2.05) is 54.6 Å². The van der Waals surface area contributed by atoms with Gasteiger partial charge >= 0.3 is 17.9 Å². The molecule has 0 unspecified atom stereocenters. The number of benzene rings is 6. The fraction of sp³-hybridized carbons (Fsp3) is 0. The fourth-order valence-electron chi connectivity index (χ4n) is 4.65. The molecule has 1 radical (unpaired) electrons. The molecule has 0 aliphatic carbocycles. The molecule has 9 nitrogen and oxygen atoms in total. The van der Waals surface area contributed by atoms with E-state index in [1.54, 1.807) is 72.8 Å². The first-order valence-electron chi connectivity index (χ1n) is 14.4. The van der Waals surface area contributed by atoms with Crippen molar-refractivity contribution in [2.75, 3.05) is 0 Å². The third-order valence-electron chi connectivity index (χ3n) is 6.99. The van der Waals surface area contributed by atoms with Crippen molar-refractivity contribution < 1.29 is 62.1 Å². The summed E-state index contributed by atoms with van der Waals surface area (Å²) in [6.07, 6.45) is 0. The van der Waals surface area contributed by atoms with Crippen LogP contribution in [0.5, 0.6) is 17.2 Å². The molecule has 0 atom stereocenters. The van der Waals surface area contributed by atoms with Crippen molar-refractivity contribution in [2.45, 2.75) is 0 Å². The first-order chi connectivity index (χ1) is 23.1. The second-order valence-corrected chi connectivity index (χ2v) is 10.1. The Balaban J connectivity index is 0.000000197. The number of carboxylic acids is 3. The third-order valence-corrected chi connectivity index (χ3v) is 6.99. The molecule has 6 aromatic rings. The number of aromatic carboxylic acids is 3. The zero-order chi connectivity index (χ0) is 34.6. The van der Waals surface area contributed by atoms with Gasteiger partial charge in [-0.2, -0.15) is 0 Å². The van der Waals surface area contributed by atoms with Gasteiger partial charge in [-0.3, -0.25) is 0 Å². The summed E-state index contributed by atoms with van der Waals surface area (Å²) < 4.78 is 0. The number of carboxylic acid groups (broad SMARTS) is 3. The van der Waals surface area contributed by atoms with Gasteiger partial charge in [-0.1, -0.05) is 145 Å². The third kappa shape index (κ3) is 9.36. The van der Waals surface area contributed by atoms with Gasteiger partial charge < -0.3 is 30.6 Å². The molecule has 6 aromatic carbocycles. The molecule has 0 aliphatic heterocycles. The maximum Gasteiger partial charge on any atom is 0.335 e. The van der Waals surface area contributed by atoms with Crippen LogP contribution in [0.15, 0.2) is 146 Å². The molecule has 6 rings (SSSR count). The molecule has 0 spiro atoms. The van der Waals surface area contributed by atoms with E-state index in [1.165, 1.54) is 18.2 Å². The number of hydrogen-bond acceptors (Lipinski definition) is 6. The first-order valence-corrected chi connectivity index (χ1v) is 14.4. The standard InChI is InChI=1S/3C13H10O3.Cu/c3*14-12-10(9-5-2-1-3-6-9)7-4-8-11(12)13(15)16;/h3*1-8,14H,(H,15,16);/p-3. The summed E-state index contributed by atoms with van der Waals surface area (Å²) in [6.45, 7) is 0. The predicted octanol–water partition coefficient (Wildman–Crippen LogP) is 6.37. The van der Waals surface area contributed by atoms with Crippen molar-refractivity contribution in [2.24, 2.45) is 0 Å². The van der Waals surface area contributed by atoms with Crippen molar-refractivity contribution in [3.05, 3.63) is 162 Å². The van der Waals surface area contributed by atoms with Gasteiger partial charge in [0.05, 0.1) is 16.7 Å². The Hall–Kier alpha value is -6.35. The normalized spacial score (nSPS) is 9.80. The van der Waals surface area contributed by atoms with E-state index in [9.17, 15) is 29.7 Å². The van der Waals surface area contributed by atoms with Crippen LogP contribution >= 0.6 is 0 Å². The van der Waals surface area contributed by atoms with Gasteiger partial charge in [-0.05, 0) is 51.6 Å². The quantitative estimate of drug-likeness (QED) is 0.166. The number of rotatable bonds is 6. The predicted molar refractivity (Wildman–Crippen MR) is 175 cm³/mol. The zero-order valence-electron chi connectivity index (χ0n) is 25.4. The summed E-state index contributed by atoms with van der Waals surface area (Å²) in [7, 11) is 0. The molecule has 49 heavy (non-hydrogen) atoms. The van der Waals surface area contributed by atoms with Gasteiger partial charge in [-0.15, -0.1) is 0 Å². The molecule has 10 heteroatoms. The minimum absolute atomic E-state index is 0. The van der Waals surface area contributed by atoms with Crippen LogP contribution in [0.3, 0.4) is 0 Å². The molecule has 0 amide bonds. The summed E-state index contributed by atoms with van der Waals surface area (Å²) in [6, 6.07) is 40.6. The smallest absolute Gasteiger partial charge is 0.335 e. The molecule has 0 saturated heterocycles. The van der Waals surface area contributed by atoms with Crippen LogP contribution in [-0.4, -0.2) is 33.2 Å². The summed E-state index contributed by atoms with van der Waals surface area (Å²) in [5, 5.41) is 62.0. The van der Waals surface area contributed by atoms with Gasteiger partial charge in [0.15, 0.2) is 0 Å². The molecule has 0 aliphatic rings. The van der Waals surface area contributed by atoms with E-state index < -0.39 is 35.2 Å². The molecule has 0 bridgehead atoms. The zero-order valence-corrected chi connectivity index (χ0v) is 26.4. The van der Waals surface area contributed by atoms with Crippen molar-refractivity contribution in [1.29, 1.82) is 0 Å². The van der Waals surface area contributed by atoms with Crippen LogP contribution < -0.4 is 15.3 Å². The van der Waals surface area contributed by atoms with Gasteiger partial charge in [0.2, 0.25) is 0 Å². The number of carbonyl (C=O) groups is 3. The van der Waals surface area contributed by atoms with Crippen molar-refractivity contribution in [3.63, 3.8) is 0 Å².